The first-order valence-electron chi connectivity index (χ1n) is 12.1. The van der Waals surface area contributed by atoms with E-state index in [4.69, 9.17) is 14.5 Å². The van der Waals surface area contributed by atoms with Crippen LogP contribution in [-0.4, -0.2) is 42.5 Å². The molecule has 0 saturated heterocycles. The third kappa shape index (κ3) is 5.41. The second kappa shape index (κ2) is 10.7. The Bertz CT molecular complexity index is 1050. The van der Waals surface area contributed by atoms with Crippen LogP contribution in [0.5, 0.6) is 5.75 Å². The summed E-state index contributed by atoms with van der Waals surface area (Å²) in [6.07, 6.45) is 1.85. The van der Waals surface area contributed by atoms with Gasteiger partial charge in [-0.2, -0.15) is 0 Å². The molecule has 34 heavy (non-hydrogen) atoms. The molecule has 2 aliphatic heterocycles. The molecule has 1 amide bonds. The lowest BCUT2D eigenvalue weighted by Gasteiger charge is -2.36. The maximum atomic E-state index is 13.1. The Kier molecular flexibility index (Phi) is 7.50. The number of benzene rings is 2. The van der Waals surface area contributed by atoms with E-state index < -0.39 is 17.9 Å². The predicted octanol–water partition coefficient (Wildman–Crippen LogP) is 3.88. The van der Waals surface area contributed by atoms with Crippen molar-refractivity contribution in [2.45, 2.75) is 46.2 Å². The highest BCUT2D eigenvalue weighted by Crippen LogP contribution is 2.32. The molecule has 0 unspecified atom stereocenters. The number of hydrogen-bond donors (Lipinski definition) is 1. The Morgan fingerprint density at radius 2 is 1.88 bits per heavy atom. The van der Waals surface area contributed by atoms with Crippen LogP contribution in [0.25, 0.3) is 0 Å². The molecule has 0 bridgehead atoms. The van der Waals surface area contributed by atoms with Crippen molar-refractivity contribution in [2.75, 3.05) is 19.8 Å². The molecule has 0 radical (unpaired) electrons. The highest BCUT2D eigenvalue weighted by Gasteiger charge is 2.42. The highest BCUT2D eigenvalue weighted by molar-refractivity contribution is 6.08. The van der Waals surface area contributed by atoms with Gasteiger partial charge in [-0.1, -0.05) is 50.2 Å². The second-order valence-corrected chi connectivity index (χ2v) is 9.16. The Morgan fingerprint density at radius 3 is 2.59 bits per heavy atom. The minimum Gasteiger partial charge on any atom is -0.494 e. The van der Waals surface area contributed by atoms with E-state index in [0.29, 0.717) is 25.0 Å². The quantitative estimate of drug-likeness (QED) is 0.498. The lowest BCUT2D eigenvalue weighted by molar-refractivity contribution is -0.153. The minimum atomic E-state index is -1.03. The summed E-state index contributed by atoms with van der Waals surface area (Å²) in [7, 11) is 0. The standard InChI is InChI=1S/C27H33N3O4/c1-4-33-26(32)23-24(20-9-11-22(12-10-20)34-16-14-18(2)3)28-27(29-25(23)31)30-15-13-19-7-5-6-8-21(19)17-30/h5-12,18,23-24H,4,13-17H2,1-3H3,(H,28,29,31)/t23-,24-/m0/s1. The number of carbonyl (C=O) groups is 2. The van der Waals surface area contributed by atoms with Crippen molar-refractivity contribution in [2.24, 2.45) is 16.8 Å². The molecule has 2 atom stereocenters. The number of esters is 1. The Labute approximate surface area is 201 Å². The molecule has 4 rings (SSSR count). The molecule has 0 spiro atoms. The van der Waals surface area contributed by atoms with E-state index in [1.165, 1.54) is 11.1 Å². The molecule has 2 heterocycles. The third-order valence-electron chi connectivity index (χ3n) is 6.25. The summed E-state index contributed by atoms with van der Waals surface area (Å²) in [5, 5.41) is 2.87. The van der Waals surface area contributed by atoms with Crippen molar-refractivity contribution in [3.05, 3.63) is 65.2 Å². The van der Waals surface area contributed by atoms with Crippen LogP contribution in [0.1, 0.15) is 49.9 Å². The summed E-state index contributed by atoms with van der Waals surface area (Å²) in [6, 6.07) is 15.2. The largest absolute Gasteiger partial charge is 0.494 e. The SMILES string of the molecule is CCOC(=O)[C@@H]1C(=O)NC(N2CCc3ccccc3C2)=N[C@H]1c1ccc(OCCC(C)C)cc1. The summed E-state index contributed by atoms with van der Waals surface area (Å²) in [4.78, 5) is 32.8. The molecular formula is C27H33N3O4. The first kappa shape index (κ1) is 23.8. The van der Waals surface area contributed by atoms with E-state index in [-0.39, 0.29) is 12.5 Å². The lowest BCUT2D eigenvalue weighted by Crippen LogP contribution is -2.53. The molecule has 2 aromatic carbocycles. The Balaban J connectivity index is 1.59. The third-order valence-corrected chi connectivity index (χ3v) is 6.25. The zero-order valence-corrected chi connectivity index (χ0v) is 20.1. The van der Waals surface area contributed by atoms with Gasteiger partial charge in [0.15, 0.2) is 5.92 Å². The van der Waals surface area contributed by atoms with Crippen LogP contribution in [0, 0.1) is 11.8 Å². The molecule has 0 fully saturated rings. The normalized spacial score (nSPS) is 19.8. The number of rotatable bonds is 7. The number of nitrogens with zero attached hydrogens (tertiary/aromatic N) is 2. The number of hydrogen-bond acceptors (Lipinski definition) is 6. The van der Waals surface area contributed by atoms with Crippen LogP contribution in [0.3, 0.4) is 0 Å². The van der Waals surface area contributed by atoms with Gasteiger partial charge in [0, 0.05) is 13.1 Å². The van der Waals surface area contributed by atoms with Crippen molar-refractivity contribution < 1.29 is 19.1 Å². The monoisotopic (exact) mass is 463 g/mol. The van der Waals surface area contributed by atoms with Crippen molar-refractivity contribution in [3.8, 4) is 5.75 Å². The van der Waals surface area contributed by atoms with Gasteiger partial charge in [0.25, 0.3) is 0 Å². The van der Waals surface area contributed by atoms with Gasteiger partial charge in [-0.15, -0.1) is 0 Å². The van der Waals surface area contributed by atoms with E-state index in [2.05, 4.69) is 36.2 Å². The number of fused-ring (bicyclic) bond motifs is 1. The molecule has 0 aromatic heterocycles. The van der Waals surface area contributed by atoms with Crippen LogP contribution in [0.2, 0.25) is 0 Å². The maximum Gasteiger partial charge on any atom is 0.321 e. The van der Waals surface area contributed by atoms with E-state index in [1.807, 2.05) is 36.4 Å². The predicted molar refractivity (Wildman–Crippen MR) is 130 cm³/mol. The first-order valence-corrected chi connectivity index (χ1v) is 12.1. The minimum absolute atomic E-state index is 0.206. The van der Waals surface area contributed by atoms with E-state index in [9.17, 15) is 9.59 Å². The van der Waals surface area contributed by atoms with Crippen LogP contribution >= 0.6 is 0 Å². The highest BCUT2D eigenvalue weighted by atomic mass is 16.5. The van der Waals surface area contributed by atoms with Crippen molar-refractivity contribution in [1.82, 2.24) is 10.2 Å². The summed E-state index contributed by atoms with van der Waals surface area (Å²) in [5.74, 6) is -0.150. The fraction of sp³-hybridized carbons (Fsp3) is 0.444. The van der Waals surface area contributed by atoms with E-state index in [0.717, 1.165) is 30.7 Å². The fourth-order valence-corrected chi connectivity index (χ4v) is 4.32. The van der Waals surface area contributed by atoms with Gasteiger partial charge in [0.05, 0.1) is 13.2 Å². The van der Waals surface area contributed by atoms with Gasteiger partial charge >= 0.3 is 5.97 Å². The number of aliphatic imine (C=N–C) groups is 1. The van der Waals surface area contributed by atoms with Crippen LogP contribution in [0.4, 0.5) is 0 Å². The number of ether oxygens (including phenoxy) is 2. The maximum absolute atomic E-state index is 13.1. The smallest absolute Gasteiger partial charge is 0.321 e. The van der Waals surface area contributed by atoms with Gasteiger partial charge in [0.2, 0.25) is 11.9 Å². The second-order valence-electron chi connectivity index (χ2n) is 9.16. The van der Waals surface area contributed by atoms with Crippen molar-refractivity contribution >= 4 is 17.8 Å². The van der Waals surface area contributed by atoms with Crippen LogP contribution < -0.4 is 10.1 Å². The average molecular weight is 464 g/mol. The van der Waals surface area contributed by atoms with Gasteiger partial charge in [-0.05, 0) is 54.5 Å². The molecule has 7 heteroatoms. The van der Waals surface area contributed by atoms with Gasteiger partial charge in [0.1, 0.15) is 11.8 Å². The number of guanidine groups is 1. The van der Waals surface area contributed by atoms with Crippen molar-refractivity contribution in [1.29, 1.82) is 0 Å². The van der Waals surface area contributed by atoms with Gasteiger partial charge < -0.3 is 14.4 Å². The zero-order chi connectivity index (χ0) is 24.1. The molecule has 1 N–H and O–H groups in total. The summed E-state index contributed by atoms with van der Waals surface area (Å²) >= 11 is 0. The van der Waals surface area contributed by atoms with Crippen molar-refractivity contribution in [3.63, 3.8) is 0 Å². The summed E-state index contributed by atoms with van der Waals surface area (Å²) < 4.78 is 11.1. The summed E-state index contributed by atoms with van der Waals surface area (Å²) in [6.45, 7) is 8.31. The zero-order valence-electron chi connectivity index (χ0n) is 20.1. The molecule has 2 aromatic rings. The fourth-order valence-electron chi connectivity index (χ4n) is 4.32. The number of nitrogens with one attached hydrogen (secondary N) is 1. The topological polar surface area (TPSA) is 80.2 Å². The van der Waals surface area contributed by atoms with E-state index in [1.54, 1.807) is 6.92 Å². The Hall–Kier alpha value is -3.35. The Morgan fingerprint density at radius 1 is 1.15 bits per heavy atom. The van der Waals surface area contributed by atoms with Crippen LogP contribution in [-0.2, 0) is 27.3 Å². The first-order chi connectivity index (χ1) is 16.5. The average Bonchev–Trinajstić information content (AvgIpc) is 2.83. The molecule has 2 aliphatic rings. The molecule has 180 valence electrons. The number of amides is 1. The van der Waals surface area contributed by atoms with Crippen LogP contribution in [0.15, 0.2) is 53.5 Å². The lowest BCUT2D eigenvalue weighted by atomic mass is 9.91. The summed E-state index contributed by atoms with van der Waals surface area (Å²) in [5.41, 5.74) is 3.31. The molecule has 7 nitrogen and oxygen atoms in total. The van der Waals surface area contributed by atoms with Gasteiger partial charge in [-0.3, -0.25) is 14.9 Å². The molecule has 0 aliphatic carbocycles. The van der Waals surface area contributed by atoms with E-state index >= 15 is 0 Å². The number of carbonyl (C=O) groups excluding carboxylic acids is 2. The van der Waals surface area contributed by atoms with Gasteiger partial charge in [-0.25, -0.2) is 4.99 Å². The molecular weight excluding hydrogens is 430 g/mol. The molecule has 0 saturated carbocycles.